The van der Waals surface area contributed by atoms with E-state index in [2.05, 4.69) is 22.8 Å². The monoisotopic (exact) mass is 434 g/mol. The molecular weight excluding hydrogens is 408 g/mol. The van der Waals surface area contributed by atoms with Crippen LogP contribution in [0.1, 0.15) is 53.9 Å². The molecule has 1 heterocycles. The highest BCUT2D eigenvalue weighted by molar-refractivity contribution is 7.10. The second kappa shape index (κ2) is 11.2. The van der Waals surface area contributed by atoms with Crippen LogP contribution in [0.3, 0.4) is 0 Å². The molecule has 3 aromatic rings. The number of amides is 1. The molecule has 2 N–H and O–H groups in total. The topological polar surface area (TPSA) is 79.3 Å². The number of hydrogen-bond donors (Lipinski definition) is 2. The van der Waals surface area contributed by atoms with Gasteiger partial charge in [0.25, 0.3) is 5.97 Å². The largest absolute Gasteiger partial charge is 0.481 e. The normalized spacial score (nSPS) is 13.2. The predicted molar refractivity (Wildman–Crippen MR) is 126 cm³/mol. The maximum atomic E-state index is 12.2. The molecule has 1 amide bonds. The average Bonchev–Trinajstić information content (AvgIpc) is 3.14. The second-order valence-electron chi connectivity index (χ2n) is 7.43. The predicted octanol–water partition coefficient (Wildman–Crippen LogP) is 5.85. The van der Waals surface area contributed by atoms with Crippen LogP contribution in [0, 0.1) is 0 Å². The molecule has 0 saturated heterocycles. The molecule has 160 valence electrons. The first-order chi connectivity index (χ1) is 15.0. The van der Waals surface area contributed by atoms with E-state index in [1.54, 1.807) is 11.3 Å². The van der Waals surface area contributed by atoms with Crippen molar-refractivity contribution in [3.05, 3.63) is 81.8 Å². The number of anilines is 1. The van der Waals surface area contributed by atoms with Gasteiger partial charge in [0.2, 0.25) is 5.91 Å². The number of hydrogen-bond acceptors (Lipinski definition) is 4. The van der Waals surface area contributed by atoms with Gasteiger partial charge in [-0.2, -0.15) is 0 Å². The highest BCUT2D eigenvalue weighted by Gasteiger charge is 2.21. The molecule has 31 heavy (non-hydrogen) atoms. The van der Waals surface area contributed by atoms with Gasteiger partial charge >= 0.3 is 0 Å². The summed E-state index contributed by atoms with van der Waals surface area (Å²) >= 11 is 1.69. The van der Waals surface area contributed by atoms with E-state index in [9.17, 15) is 4.79 Å². The number of nitrogens with zero attached hydrogens (tertiary/aromatic N) is 1. The maximum absolute atomic E-state index is 12.2. The van der Waals surface area contributed by atoms with E-state index in [4.69, 9.17) is 14.9 Å². The lowest BCUT2D eigenvalue weighted by Crippen LogP contribution is -2.14. The van der Waals surface area contributed by atoms with Gasteiger partial charge in [-0.1, -0.05) is 55.0 Å². The summed E-state index contributed by atoms with van der Waals surface area (Å²) in [7, 11) is 0. The van der Waals surface area contributed by atoms with E-state index in [-0.39, 0.29) is 5.91 Å². The molecule has 1 aliphatic carbocycles. The van der Waals surface area contributed by atoms with Gasteiger partial charge in [-0.25, -0.2) is 4.98 Å². The zero-order valence-electron chi connectivity index (χ0n) is 17.5. The Balaban J connectivity index is 0.000000628. The lowest BCUT2D eigenvalue weighted by molar-refractivity contribution is -0.134. The zero-order valence-corrected chi connectivity index (χ0v) is 18.3. The Hall–Kier alpha value is -3.25. The molecule has 0 bridgehead atoms. The second-order valence-corrected chi connectivity index (χ2v) is 8.32. The Labute approximate surface area is 186 Å². The van der Waals surface area contributed by atoms with Gasteiger partial charge in [0.05, 0.1) is 12.1 Å². The van der Waals surface area contributed by atoms with Crippen LogP contribution in [0.4, 0.5) is 5.69 Å². The van der Waals surface area contributed by atoms with Crippen LogP contribution in [0.2, 0.25) is 0 Å². The van der Waals surface area contributed by atoms with Crippen LogP contribution in [-0.2, 0) is 16.0 Å². The number of aliphatic carboxylic acids is 1. The molecule has 0 radical (unpaired) electrons. The Morgan fingerprint density at radius 2 is 1.87 bits per heavy atom. The van der Waals surface area contributed by atoms with E-state index in [1.165, 1.54) is 25.0 Å². The molecule has 0 spiro atoms. The molecule has 0 unspecified atom stereocenters. The van der Waals surface area contributed by atoms with Gasteiger partial charge in [-0.05, 0) is 42.2 Å². The van der Waals surface area contributed by atoms with Crippen molar-refractivity contribution in [1.29, 1.82) is 0 Å². The number of benzene rings is 2. The third kappa shape index (κ3) is 7.50. The lowest BCUT2D eigenvalue weighted by atomic mass is 9.83. The summed E-state index contributed by atoms with van der Waals surface area (Å²) < 4.78 is 0. The molecule has 1 fully saturated rings. The van der Waals surface area contributed by atoms with Crippen molar-refractivity contribution < 1.29 is 14.7 Å². The number of carbonyl (C=O) groups excluding carboxylic acids is 1. The molecule has 1 aliphatic rings. The Bertz CT molecular complexity index is 1040. The fourth-order valence-electron chi connectivity index (χ4n) is 3.14. The molecule has 5 nitrogen and oxygen atoms in total. The summed E-state index contributed by atoms with van der Waals surface area (Å²) in [6.07, 6.45) is 8.36. The number of thiazole rings is 1. The number of carboxylic acids is 1. The first-order valence-electron chi connectivity index (χ1n) is 10.3. The minimum absolute atomic E-state index is 0.00704. The Morgan fingerprint density at radius 1 is 1.13 bits per heavy atom. The van der Waals surface area contributed by atoms with Gasteiger partial charge in [0.15, 0.2) is 0 Å². The van der Waals surface area contributed by atoms with E-state index in [1.807, 2.05) is 54.6 Å². The van der Waals surface area contributed by atoms with Crippen molar-refractivity contribution in [3.8, 4) is 0 Å². The van der Waals surface area contributed by atoms with Gasteiger partial charge in [0, 0.05) is 23.9 Å². The van der Waals surface area contributed by atoms with E-state index in [0.29, 0.717) is 12.3 Å². The van der Waals surface area contributed by atoms with Gasteiger partial charge < -0.3 is 10.4 Å². The maximum Gasteiger partial charge on any atom is 0.300 e. The SMILES string of the molecule is CC(=O)O.O=C(Cc1ccccc1)Nc1cccc(/C=C/c2nc(C3CCC3)cs2)c1. The highest BCUT2D eigenvalue weighted by Crippen LogP contribution is 2.36. The van der Waals surface area contributed by atoms with Crippen LogP contribution in [0.25, 0.3) is 12.2 Å². The fourth-order valence-corrected chi connectivity index (χ4v) is 3.93. The molecule has 6 heteroatoms. The number of aromatic nitrogens is 1. The van der Waals surface area contributed by atoms with Crippen LogP contribution in [-0.4, -0.2) is 22.0 Å². The van der Waals surface area contributed by atoms with E-state index in [0.717, 1.165) is 28.7 Å². The van der Waals surface area contributed by atoms with E-state index >= 15 is 0 Å². The summed E-state index contributed by atoms with van der Waals surface area (Å²) in [6.45, 7) is 1.08. The first kappa shape index (κ1) is 22.4. The lowest BCUT2D eigenvalue weighted by Gasteiger charge is -2.22. The van der Waals surface area contributed by atoms with Crippen molar-refractivity contribution in [2.45, 2.75) is 38.5 Å². The van der Waals surface area contributed by atoms with Crippen LogP contribution in [0.5, 0.6) is 0 Å². The smallest absolute Gasteiger partial charge is 0.300 e. The molecule has 2 aromatic carbocycles. The third-order valence-corrected chi connectivity index (χ3v) is 5.69. The quantitative estimate of drug-likeness (QED) is 0.510. The Kier molecular flexibility index (Phi) is 8.12. The number of nitrogens with one attached hydrogen (secondary N) is 1. The van der Waals surface area contributed by atoms with Gasteiger partial charge in [0.1, 0.15) is 5.01 Å². The molecule has 4 rings (SSSR count). The van der Waals surface area contributed by atoms with Crippen LogP contribution >= 0.6 is 11.3 Å². The van der Waals surface area contributed by atoms with Crippen molar-refractivity contribution in [3.63, 3.8) is 0 Å². The summed E-state index contributed by atoms with van der Waals surface area (Å²) in [6, 6.07) is 17.7. The summed E-state index contributed by atoms with van der Waals surface area (Å²) in [5, 5.41) is 13.6. The standard InChI is InChI=1S/C23H22N2OS.C2H4O2/c26-22(15-17-6-2-1-3-7-17)24-20-11-4-8-18(14-20)12-13-23-25-21(16-27-23)19-9-5-10-19;1-2(3)4/h1-4,6-8,11-14,16,19H,5,9-10,15H2,(H,24,26);1H3,(H,3,4)/b13-12+;. The van der Waals surface area contributed by atoms with Crippen molar-refractivity contribution >= 4 is 41.1 Å². The van der Waals surface area contributed by atoms with Crippen LogP contribution in [0.15, 0.2) is 60.0 Å². The molecule has 1 saturated carbocycles. The molecular formula is C25H26N2O3S. The summed E-state index contributed by atoms with van der Waals surface area (Å²) in [4.78, 5) is 26.0. The summed E-state index contributed by atoms with van der Waals surface area (Å²) in [5.74, 6) is -0.168. The average molecular weight is 435 g/mol. The third-order valence-electron chi connectivity index (χ3n) is 4.86. The van der Waals surface area contributed by atoms with E-state index < -0.39 is 5.97 Å². The van der Waals surface area contributed by atoms with Crippen molar-refractivity contribution in [2.75, 3.05) is 5.32 Å². The zero-order chi connectivity index (χ0) is 22.1. The first-order valence-corrected chi connectivity index (χ1v) is 11.1. The minimum Gasteiger partial charge on any atom is -0.481 e. The molecule has 1 aromatic heterocycles. The van der Waals surface area contributed by atoms with Gasteiger partial charge in [-0.3, -0.25) is 9.59 Å². The van der Waals surface area contributed by atoms with Crippen molar-refractivity contribution in [2.24, 2.45) is 0 Å². The minimum atomic E-state index is -0.833. The van der Waals surface area contributed by atoms with Crippen LogP contribution < -0.4 is 5.32 Å². The Morgan fingerprint density at radius 3 is 2.55 bits per heavy atom. The number of rotatable bonds is 6. The number of carboxylic acid groups (broad SMARTS) is 1. The highest BCUT2D eigenvalue weighted by atomic mass is 32.1. The summed E-state index contributed by atoms with van der Waals surface area (Å²) in [5.41, 5.74) is 4.12. The van der Waals surface area contributed by atoms with Crippen molar-refractivity contribution in [1.82, 2.24) is 4.98 Å². The van der Waals surface area contributed by atoms with Gasteiger partial charge in [-0.15, -0.1) is 11.3 Å². The molecule has 0 aliphatic heterocycles. The molecule has 0 atom stereocenters. The number of carbonyl (C=O) groups is 2. The fraction of sp³-hybridized carbons (Fsp3) is 0.240.